The molecule has 0 unspecified atom stereocenters. The maximum Gasteiger partial charge on any atom is 0.416 e. The van der Waals surface area contributed by atoms with Crippen LogP contribution in [0.15, 0.2) is 297 Å². The molecule has 0 spiro atoms. The molecule has 0 aliphatic rings. The zero-order valence-corrected chi connectivity index (χ0v) is 58.8. The van der Waals surface area contributed by atoms with Gasteiger partial charge in [-0.2, -0.15) is 31.6 Å². The molecule has 0 aliphatic heterocycles. The summed E-state index contributed by atoms with van der Waals surface area (Å²) in [7, 11) is 0. The maximum absolute atomic E-state index is 12.6. The van der Waals surface area contributed by atoms with Gasteiger partial charge in [-0.15, -0.1) is 0 Å². The van der Waals surface area contributed by atoms with Crippen LogP contribution in [0.2, 0.25) is 0 Å². The first kappa shape index (κ1) is 79.4. The van der Waals surface area contributed by atoms with Crippen molar-refractivity contribution in [2.45, 2.75) is 74.7 Å². The monoisotopic (exact) mass is 1410 g/mol. The topological polar surface area (TPSA) is 66.9 Å². The standard InChI is InChI=1S/3C15H12.C8H6F4.C8H7F3.C8H7N.C7H6F2.C7H7F.C7H7NO2/c1-11-14-8-4-2-6-12(14)10-13-7-3-5-9-15(11)13;1-11-5-4-8-14-9-12-6-2-3-7-13(12)10-15(11)14;1-11-6-7-14-9-12-4-2-3-5-13(12)10-15(14)8-11;1-5-2-3-6(4-7(5)9)8(10,11)12;1-6-2-4-7(5-3-6)8(9,10)11;1-7-2-4-8(6-9)5-3-7;1-5-2-3-6(8)4-7(5)9;1-6-2-4-7(8)5-3-6;1-6-2-4-7(5-3-6)8(9)10/h3*2-10H,1H3;2-4H,1H3;2-5H,1H3;2-5H,1H3;2-4H,1H3;2-5H,1H3;2-5H,1H3. The smallest absolute Gasteiger partial charge is 0.258 e. The van der Waals surface area contributed by atoms with Crippen molar-refractivity contribution in [2.75, 3.05) is 0 Å². The number of alkyl halides is 6. The van der Waals surface area contributed by atoms with Crippen LogP contribution in [0.1, 0.15) is 66.8 Å². The van der Waals surface area contributed by atoms with Crippen LogP contribution in [0.3, 0.4) is 0 Å². The molecule has 0 fully saturated rings. The predicted molar refractivity (Wildman–Crippen MR) is 407 cm³/mol. The Bertz CT molecular complexity index is 5250. The average molecular weight is 1410 g/mol. The fourth-order valence-electron chi connectivity index (χ4n) is 10.3. The second kappa shape index (κ2) is 37.6. The third-order valence-electron chi connectivity index (χ3n) is 16.3. The number of hydrogen-bond acceptors (Lipinski definition) is 3. The average Bonchev–Trinajstić information content (AvgIpc) is 0.806. The van der Waals surface area contributed by atoms with Crippen molar-refractivity contribution in [1.82, 2.24) is 0 Å². The number of rotatable bonds is 1. The van der Waals surface area contributed by atoms with E-state index in [1.54, 1.807) is 38.1 Å². The Hall–Kier alpha value is -12.0. The molecule has 0 amide bonds. The Morgan fingerprint density at radius 1 is 0.308 bits per heavy atom. The molecule has 0 saturated heterocycles. The minimum Gasteiger partial charge on any atom is -0.258 e. The summed E-state index contributed by atoms with van der Waals surface area (Å²) in [6.45, 7) is 17.1. The molecule has 15 rings (SSSR count). The molecule has 528 valence electrons. The van der Waals surface area contributed by atoms with E-state index in [1.807, 2.05) is 45.0 Å². The zero-order valence-electron chi connectivity index (χ0n) is 58.8. The quantitative estimate of drug-likeness (QED) is 0.0712. The predicted octanol–water partition coefficient (Wildman–Crippen LogP) is 27.2. The molecule has 0 aromatic heterocycles. The van der Waals surface area contributed by atoms with Gasteiger partial charge in [0.1, 0.15) is 23.3 Å². The zero-order chi connectivity index (χ0) is 75.7. The fraction of sp³-hybridized carbons (Fsp3) is 0.122. The lowest BCUT2D eigenvalue weighted by Crippen LogP contribution is -2.05. The molecule has 0 heterocycles. The van der Waals surface area contributed by atoms with Gasteiger partial charge in [0.15, 0.2) is 0 Å². The summed E-state index contributed by atoms with van der Waals surface area (Å²) < 4.78 is 121. The molecule has 0 radical (unpaired) electrons. The molecule has 0 bridgehead atoms. The second-order valence-corrected chi connectivity index (χ2v) is 24.6. The van der Waals surface area contributed by atoms with Crippen LogP contribution in [-0.4, -0.2) is 4.92 Å². The minimum absolute atomic E-state index is 0.144. The van der Waals surface area contributed by atoms with E-state index >= 15 is 0 Å². The number of aryl methyl sites for hydroxylation is 9. The van der Waals surface area contributed by atoms with Crippen molar-refractivity contribution in [3.05, 3.63) is 397 Å². The van der Waals surface area contributed by atoms with Gasteiger partial charge in [0.2, 0.25) is 0 Å². The molecule has 15 aromatic carbocycles. The van der Waals surface area contributed by atoms with Crippen LogP contribution in [0.5, 0.6) is 0 Å². The lowest BCUT2D eigenvalue weighted by atomic mass is 9.98. The first-order valence-corrected chi connectivity index (χ1v) is 32.9. The van der Waals surface area contributed by atoms with Crippen molar-refractivity contribution in [3.63, 3.8) is 0 Å². The largest absolute Gasteiger partial charge is 0.416 e. The normalized spacial score (nSPS) is 10.5. The van der Waals surface area contributed by atoms with Gasteiger partial charge in [-0.1, -0.05) is 222 Å². The lowest BCUT2D eigenvalue weighted by molar-refractivity contribution is -0.384. The van der Waals surface area contributed by atoms with E-state index in [9.17, 15) is 54.0 Å². The highest BCUT2D eigenvalue weighted by molar-refractivity contribution is 6.02. The van der Waals surface area contributed by atoms with Crippen LogP contribution in [0, 0.1) is 107 Å². The van der Waals surface area contributed by atoms with E-state index in [0.29, 0.717) is 11.6 Å². The van der Waals surface area contributed by atoms with Gasteiger partial charge in [0.25, 0.3) is 5.69 Å². The van der Waals surface area contributed by atoms with E-state index in [0.717, 1.165) is 52.6 Å². The molecule has 14 heteroatoms. The molecular weight excluding hydrogens is 1330 g/mol. The van der Waals surface area contributed by atoms with Crippen molar-refractivity contribution >= 4 is 70.3 Å². The van der Waals surface area contributed by atoms with Gasteiger partial charge in [-0.3, -0.25) is 10.1 Å². The number of nitro benzene ring substituents is 1. The third kappa shape index (κ3) is 24.4. The Labute approximate surface area is 599 Å². The van der Waals surface area contributed by atoms with Gasteiger partial charge in [0, 0.05) is 18.2 Å². The van der Waals surface area contributed by atoms with Crippen LogP contribution >= 0.6 is 0 Å². The number of halogens is 10. The van der Waals surface area contributed by atoms with Crippen LogP contribution in [0.25, 0.3) is 64.6 Å². The Balaban J connectivity index is 0.000000165. The summed E-state index contributed by atoms with van der Waals surface area (Å²) in [5.74, 6) is -2.02. The molecule has 0 N–H and O–H groups in total. The summed E-state index contributed by atoms with van der Waals surface area (Å²) in [5, 5.41) is 34.5. The summed E-state index contributed by atoms with van der Waals surface area (Å²) in [6, 6.07) is 91.9. The third-order valence-corrected chi connectivity index (χ3v) is 16.3. The molecule has 15 aromatic rings. The molecule has 0 aliphatic carbocycles. The first-order valence-electron chi connectivity index (χ1n) is 32.9. The van der Waals surface area contributed by atoms with Crippen LogP contribution in [0.4, 0.5) is 49.6 Å². The van der Waals surface area contributed by atoms with E-state index in [4.69, 9.17) is 5.26 Å². The summed E-state index contributed by atoms with van der Waals surface area (Å²) >= 11 is 0. The van der Waals surface area contributed by atoms with Gasteiger partial charge in [-0.25, -0.2) is 17.6 Å². The van der Waals surface area contributed by atoms with Crippen LogP contribution < -0.4 is 0 Å². The number of fused-ring (bicyclic) bond motifs is 6. The number of hydrogen-bond donors (Lipinski definition) is 0. The molecular formula is C90H76F10N2O2. The Morgan fingerprint density at radius 3 is 1.12 bits per heavy atom. The molecule has 104 heavy (non-hydrogen) atoms. The maximum atomic E-state index is 12.6. The van der Waals surface area contributed by atoms with E-state index in [2.05, 4.69) is 191 Å². The highest BCUT2D eigenvalue weighted by atomic mass is 19.4. The van der Waals surface area contributed by atoms with Crippen molar-refractivity contribution < 1.29 is 48.8 Å². The van der Waals surface area contributed by atoms with E-state index < -0.39 is 45.9 Å². The highest BCUT2D eigenvalue weighted by Crippen LogP contribution is 2.32. The number of benzene rings is 15. The van der Waals surface area contributed by atoms with Gasteiger partial charge in [-0.05, 0) is 234 Å². The van der Waals surface area contributed by atoms with Crippen molar-refractivity contribution in [2.24, 2.45) is 0 Å². The second-order valence-electron chi connectivity index (χ2n) is 24.6. The molecule has 4 nitrogen and oxygen atoms in total. The number of nitrogens with zero attached hydrogens (tertiary/aromatic N) is 2. The van der Waals surface area contributed by atoms with E-state index in [-0.39, 0.29) is 17.1 Å². The lowest BCUT2D eigenvalue weighted by Gasteiger charge is -2.06. The van der Waals surface area contributed by atoms with Gasteiger partial charge >= 0.3 is 12.4 Å². The number of nitriles is 1. The first-order chi connectivity index (χ1) is 49.4. The Morgan fingerprint density at radius 2 is 0.663 bits per heavy atom. The number of non-ortho nitro benzene ring substituents is 1. The van der Waals surface area contributed by atoms with Crippen molar-refractivity contribution in [1.29, 1.82) is 5.26 Å². The van der Waals surface area contributed by atoms with E-state index in [1.165, 1.54) is 142 Å². The summed E-state index contributed by atoms with van der Waals surface area (Å²) in [5.41, 5.74) is 8.18. The molecule has 0 saturated carbocycles. The Kier molecular flexibility index (Phi) is 28.7. The van der Waals surface area contributed by atoms with Gasteiger partial charge in [0.05, 0.1) is 27.7 Å². The van der Waals surface area contributed by atoms with Crippen LogP contribution in [-0.2, 0) is 12.4 Å². The SMILES string of the molecule is Cc1c2ccccc2cc2ccccc12.Cc1ccc(C#N)cc1.Cc1ccc(C(F)(F)F)cc1.Cc1ccc(C(F)(F)F)cc1F.Cc1ccc(F)cc1.Cc1ccc(F)cc1F.Cc1ccc([N+](=O)[O-])cc1.Cc1ccc2cc3ccccc3cc2c1.Cc1cccc2cc3ccccc3cc12. The molecule has 0 atom stereocenters. The fourth-order valence-corrected chi connectivity index (χ4v) is 10.3. The van der Waals surface area contributed by atoms with Gasteiger partial charge < -0.3 is 0 Å². The number of nitro groups is 1. The minimum atomic E-state index is -4.46. The summed E-state index contributed by atoms with van der Waals surface area (Å²) in [4.78, 5) is 9.71. The summed E-state index contributed by atoms with van der Waals surface area (Å²) in [6.07, 6.45) is -8.68. The highest BCUT2D eigenvalue weighted by Gasteiger charge is 2.31. The van der Waals surface area contributed by atoms with Crippen molar-refractivity contribution in [3.8, 4) is 6.07 Å².